The monoisotopic (exact) mass is 536 g/mol. The summed E-state index contributed by atoms with van der Waals surface area (Å²) in [7, 11) is 3.31. The molecule has 0 radical (unpaired) electrons. The molecule has 29 heavy (non-hydrogen) atoms. The molecular weight excluding hydrogens is 504 g/mol. The second kappa shape index (κ2) is 12.7. The third-order valence-corrected chi connectivity index (χ3v) is 4.71. The van der Waals surface area contributed by atoms with E-state index in [0.29, 0.717) is 45.2 Å². The van der Waals surface area contributed by atoms with Crippen LogP contribution in [-0.2, 0) is 9.53 Å². The van der Waals surface area contributed by atoms with Crippen LogP contribution in [0.3, 0.4) is 0 Å². The Morgan fingerprint density at radius 2 is 1.90 bits per heavy atom. The number of nitrogens with zero attached hydrogens (tertiary/aromatic N) is 4. The van der Waals surface area contributed by atoms with Crippen molar-refractivity contribution in [3.8, 4) is 0 Å². The molecule has 0 aromatic carbocycles. The average Bonchev–Trinajstić information content (AvgIpc) is 3.05. The lowest BCUT2D eigenvalue weighted by molar-refractivity contribution is -0.143. The Balaban J connectivity index is 0.00000420. The SMILES string of the molecule is CN(C)C(=O)CN=C(NCCN1CCOCC1)NC1CCN(CC(F)(F)F)C1.I. The van der Waals surface area contributed by atoms with Gasteiger partial charge in [-0.15, -0.1) is 24.0 Å². The minimum Gasteiger partial charge on any atom is -0.379 e. The molecule has 1 unspecified atom stereocenters. The maximum atomic E-state index is 12.6. The van der Waals surface area contributed by atoms with Crippen LogP contribution in [0.5, 0.6) is 0 Å². The van der Waals surface area contributed by atoms with Crippen molar-refractivity contribution in [2.24, 2.45) is 4.99 Å². The van der Waals surface area contributed by atoms with E-state index < -0.39 is 12.7 Å². The number of likely N-dealkylation sites (tertiary alicyclic amines) is 1. The van der Waals surface area contributed by atoms with E-state index in [0.717, 1.165) is 19.6 Å². The molecule has 2 aliphatic heterocycles. The van der Waals surface area contributed by atoms with E-state index in [9.17, 15) is 18.0 Å². The van der Waals surface area contributed by atoms with Crippen LogP contribution >= 0.6 is 24.0 Å². The number of alkyl halides is 3. The molecule has 0 saturated carbocycles. The molecule has 0 spiro atoms. The number of nitrogens with one attached hydrogen (secondary N) is 2. The summed E-state index contributed by atoms with van der Waals surface area (Å²) >= 11 is 0. The highest BCUT2D eigenvalue weighted by Crippen LogP contribution is 2.19. The smallest absolute Gasteiger partial charge is 0.379 e. The molecule has 0 bridgehead atoms. The number of amides is 1. The third kappa shape index (κ3) is 10.6. The molecule has 0 aromatic heterocycles. The van der Waals surface area contributed by atoms with E-state index in [1.165, 1.54) is 9.80 Å². The molecule has 0 aromatic rings. The third-order valence-electron chi connectivity index (χ3n) is 4.71. The van der Waals surface area contributed by atoms with Gasteiger partial charge in [-0.3, -0.25) is 14.6 Å². The first kappa shape index (κ1) is 26.2. The highest BCUT2D eigenvalue weighted by molar-refractivity contribution is 14.0. The molecular formula is C17H32F3IN6O2. The molecule has 2 rings (SSSR count). The van der Waals surface area contributed by atoms with E-state index in [4.69, 9.17) is 4.74 Å². The van der Waals surface area contributed by atoms with Crippen LogP contribution in [0.15, 0.2) is 4.99 Å². The van der Waals surface area contributed by atoms with Gasteiger partial charge in [0.05, 0.1) is 19.8 Å². The minimum atomic E-state index is -4.19. The van der Waals surface area contributed by atoms with Crippen LogP contribution in [0.2, 0.25) is 0 Å². The van der Waals surface area contributed by atoms with Crippen molar-refractivity contribution >= 4 is 35.8 Å². The molecule has 2 fully saturated rings. The van der Waals surface area contributed by atoms with Crippen LogP contribution in [0.1, 0.15) is 6.42 Å². The number of hydrogen-bond donors (Lipinski definition) is 2. The molecule has 1 amide bonds. The van der Waals surface area contributed by atoms with Crippen molar-refractivity contribution in [1.29, 1.82) is 0 Å². The van der Waals surface area contributed by atoms with Crippen LogP contribution in [-0.4, -0.2) is 118 Å². The largest absolute Gasteiger partial charge is 0.401 e. The van der Waals surface area contributed by atoms with Gasteiger partial charge in [-0.05, 0) is 6.42 Å². The quantitative estimate of drug-likeness (QED) is 0.275. The molecule has 8 nitrogen and oxygen atoms in total. The molecule has 2 heterocycles. The fourth-order valence-corrected chi connectivity index (χ4v) is 3.14. The summed E-state index contributed by atoms with van der Waals surface area (Å²) in [6.45, 7) is 4.37. The van der Waals surface area contributed by atoms with Gasteiger partial charge in [0.1, 0.15) is 6.54 Å². The predicted molar refractivity (Wildman–Crippen MR) is 116 cm³/mol. The van der Waals surface area contributed by atoms with Crippen LogP contribution in [0.4, 0.5) is 13.2 Å². The summed E-state index contributed by atoms with van der Waals surface area (Å²) in [5.41, 5.74) is 0. The van der Waals surface area contributed by atoms with Crippen LogP contribution < -0.4 is 10.6 Å². The Morgan fingerprint density at radius 3 is 2.52 bits per heavy atom. The highest BCUT2D eigenvalue weighted by atomic mass is 127. The number of rotatable bonds is 7. The van der Waals surface area contributed by atoms with Gasteiger partial charge in [0.15, 0.2) is 5.96 Å². The average molecular weight is 536 g/mol. The van der Waals surface area contributed by atoms with Gasteiger partial charge in [-0.1, -0.05) is 0 Å². The summed E-state index contributed by atoms with van der Waals surface area (Å²) in [4.78, 5) is 21.2. The topological polar surface area (TPSA) is 72.4 Å². The predicted octanol–water partition coefficient (Wildman–Crippen LogP) is 0.197. The molecule has 12 heteroatoms. The Bertz CT molecular complexity index is 530. The van der Waals surface area contributed by atoms with Crippen LogP contribution in [0.25, 0.3) is 0 Å². The van der Waals surface area contributed by atoms with Crippen molar-refractivity contribution < 1.29 is 22.7 Å². The first-order valence-corrected chi connectivity index (χ1v) is 9.57. The summed E-state index contributed by atoms with van der Waals surface area (Å²) in [6, 6.07) is -0.133. The Kier molecular flexibility index (Phi) is 11.5. The van der Waals surface area contributed by atoms with Crippen molar-refractivity contribution in [2.45, 2.75) is 18.6 Å². The van der Waals surface area contributed by atoms with Gasteiger partial charge < -0.3 is 20.3 Å². The number of aliphatic imine (C=N–C) groups is 1. The molecule has 2 aliphatic rings. The van der Waals surface area contributed by atoms with Gasteiger partial charge in [0.2, 0.25) is 5.91 Å². The first-order chi connectivity index (χ1) is 13.2. The van der Waals surface area contributed by atoms with E-state index in [-0.39, 0.29) is 42.5 Å². The van der Waals surface area contributed by atoms with E-state index >= 15 is 0 Å². The molecule has 1 atom stereocenters. The van der Waals surface area contributed by atoms with Gasteiger partial charge in [0, 0.05) is 59.4 Å². The van der Waals surface area contributed by atoms with E-state index in [1.54, 1.807) is 14.1 Å². The fourth-order valence-electron chi connectivity index (χ4n) is 3.14. The van der Waals surface area contributed by atoms with Gasteiger partial charge in [0.25, 0.3) is 0 Å². The number of ether oxygens (including phenoxy) is 1. The van der Waals surface area contributed by atoms with Gasteiger partial charge in [-0.25, -0.2) is 4.99 Å². The Morgan fingerprint density at radius 1 is 1.21 bits per heavy atom. The number of guanidine groups is 1. The Hall–Kier alpha value is -0.860. The number of hydrogen-bond acceptors (Lipinski definition) is 5. The zero-order valence-electron chi connectivity index (χ0n) is 17.0. The van der Waals surface area contributed by atoms with Crippen LogP contribution in [0, 0.1) is 0 Å². The first-order valence-electron chi connectivity index (χ1n) is 9.57. The van der Waals surface area contributed by atoms with Crippen molar-refractivity contribution in [3.63, 3.8) is 0 Å². The van der Waals surface area contributed by atoms with Crippen molar-refractivity contribution in [2.75, 3.05) is 79.7 Å². The number of carbonyl (C=O) groups is 1. The maximum absolute atomic E-state index is 12.6. The normalized spacial score (nSPS) is 21.6. The number of carbonyl (C=O) groups excluding carboxylic acids is 1. The number of morpholine rings is 1. The highest BCUT2D eigenvalue weighted by Gasteiger charge is 2.34. The summed E-state index contributed by atoms with van der Waals surface area (Å²) in [5, 5.41) is 6.38. The molecule has 2 saturated heterocycles. The lowest BCUT2D eigenvalue weighted by Gasteiger charge is -2.27. The molecule has 0 aliphatic carbocycles. The molecule has 2 N–H and O–H groups in total. The van der Waals surface area contributed by atoms with Gasteiger partial charge in [-0.2, -0.15) is 13.2 Å². The van der Waals surface area contributed by atoms with Gasteiger partial charge >= 0.3 is 6.18 Å². The lowest BCUT2D eigenvalue weighted by Crippen LogP contribution is -2.48. The lowest BCUT2D eigenvalue weighted by atomic mass is 10.3. The fraction of sp³-hybridized carbons (Fsp3) is 0.882. The minimum absolute atomic E-state index is 0. The number of likely N-dealkylation sites (N-methyl/N-ethyl adjacent to an activating group) is 1. The summed E-state index contributed by atoms with van der Waals surface area (Å²) in [5.74, 6) is 0.321. The van der Waals surface area contributed by atoms with E-state index in [1.807, 2.05) is 0 Å². The second-order valence-corrected chi connectivity index (χ2v) is 7.31. The number of halogens is 4. The second-order valence-electron chi connectivity index (χ2n) is 7.31. The van der Waals surface area contributed by atoms with Crippen molar-refractivity contribution in [3.05, 3.63) is 0 Å². The zero-order chi connectivity index (χ0) is 20.6. The maximum Gasteiger partial charge on any atom is 0.401 e. The van der Waals surface area contributed by atoms with E-state index in [2.05, 4.69) is 20.5 Å². The summed E-state index contributed by atoms with van der Waals surface area (Å²) < 4.78 is 43.0. The zero-order valence-corrected chi connectivity index (χ0v) is 19.3. The Labute approximate surface area is 187 Å². The van der Waals surface area contributed by atoms with Crippen molar-refractivity contribution in [1.82, 2.24) is 25.3 Å². The molecule has 170 valence electrons. The standard InChI is InChI=1S/C17H31F3N6O2.HI/c1-24(2)15(27)11-22-16(21-4-6-25-7-9-28-10-8-25)23-14-3-5-26(12-14)13-17(18,19)20;/h14H,3-13H2,1-2H3,(H2,21,22,23);1H. The summed E-state index contributed by atoms with van der Waals surface area (Å²) in [6.07, 6.45) is -3.60.